The molecule has 0 radical (unpaired) electrons. The van der Waals surface area contributed by atoms with Gasteiger partial charge in [-0.05, 0) is 43.4 Å². The second kappa shape index (κ2) is 8.94. The lowest BCUT2D eigenvalue weighted by atomic mass is 9.97. The van der Waals surface area contributed by atoms with Gasteiger partial charge in [-0.3, -0.25) is 4.79 Å². The summed E-state index contributed by atoms with van der Waals surface area (Å²) >= 11 is 1.49. The van der Waals surface area contributed by atoms with Crippen molar-refractivity contribution in [1.82, 2.24) is 10.6 Å². The molecule has 4 N–H and O–H groups in total. The third kappa shape index (κ3) is 4.60. The smallest absolute Gasteiger partial charge is 0.338 e. The van der Waals surface area contributed by atoms with E-state index >= 15 is 0 Å². The third-order valence-corrected chi connectivity index (χ3v) is 6.49. The van der Waals surface area contributed by atoms with Crippen LogP contribution in [0.2, 0.25) is 0 Å². The van der Waals surface area contributed by atoms with Gasteiger partial charge in [0.05, 0.1) is 5.56 Å². The number of nitrogens with one attached hydrogen (secondary N) is 3. The van der Waals surface area contributed by atoms with E-state index in [1.54, 1.807) is 12.1 Å². The molecular formula is C21H25N3O4S. The summed E-state index contributed by atoms with van der Waals surface area (Å²) < 4.78 is 5.72. The zero-order chi connectivity index (χ0) is 20.2. The molecule has 8 heteroatoms. The van der Waals surface area contributed by atoms with Crippen molar-refractivity contribution in [2.45, 2.75) is 44.5 Å². The Morgan fingerprint density at radius 1 is 1.24 bits per heavy atom. The van der Waals surface area contributed by atoms with Crippen LogP contribution in [0.5, 0.6) is 0 Å². The summed E-state index contributed by atoms with van der Waals surface area (Å²) in [4.78, 5) is 25.3. The lowest BCUT2D eigenvalue weighted by Crippen LogP contribution is -2.44. The average molecular weight is 416 g/mol. The minimum atomic E-state index is -0.921. The van der Waals surface area contributed by atoms with Crippen LogP contribution in [0, 0.1) is 0 Å². The maximum atomic E-state index is 12.3. The Bertz CT molecular complexity index is 878. The zero-order valence-electron chi connectivity index (χ0n) is 16.1. The number of rotatable bonds is 6. The Hall–Kier alpha value is -2.42. The molecule has 1 aromatic heterocycles. The zero-order valence-corrected chi connectivity index (χ0v) is 16.9. The van der Waals surface area contributed by atoms with Crippen molar-refractivity contribution in [2.75, 3.05) is 18.5 Å². The molecule has 1 amide bonds. The summed E-state index contributed by atoms with van der Waals surface area (Å²) in [5.41, 5.74) is 1.82. The minimum absolute atomic E-state index is 0.0124. The molecule has 0 spiro atoms. The van der Waals surface area contributed by atoms with Gasteiger partial charge < -0.3 is 25.8 Å². The van der Waals surface area contributed by atoms with Crippen LogP contribution >= 0.6 is 11.3 Å². The van der Waals surface area contributed by atoms with Gasteiger partial charge in [-0.15, -0.1) is 11.3 Å². The quantitative estimate of drug-likeness (QED) is 0.579. The minimum Gasteiger partial charge on any atom is -0.478 e. The van der Waals surface area contributed by atoms with Gasteiger partial charge in [0.1, 0.15) is 11.2 Å². The number of carboxylic acid groups (broad SMARTS) is 1. The van der Waals surface area contributed by atoms with Gasteiger partial charge in [-0.1, -0.05) is 18.2 Å². The van der Waals surface area contributed by atoms with Crippen LogP contribution < -0.4 is 16.0 Å². The maximum absolute atomic E-state index is 12.3. The Labute approximate surface area is 173 Å². The van der Waals surface area contributed by atoms with E-state index in [-0.39, 0.29) is 18.2 Å². The van der Waals surface area contributed by atoms with Crippen molar-refractivity contribution >= 4 is 28.2 Å². The molecule has 29 heavy (non-hydrogen) atoms. The molecule has 2 unspecified atom stereocenters. The van der Waals surface area contributed by atoms with Crippen LogP contribution in [0.4, 0.5) is 5.00 Å². The van der Waals surface area contributed by atoms with Crippen molar-refractivity contribution in [1.29, 1.82) is 0 Å². The molecular weight excluding hydrogens is 390 g/mol. The SMILES string of the molecule is O=C(NCC1Cc2c(sc(NC3CCCCO3)c2C(=O)O)CN1)c1ccccc1. The van der Waals surface area contributed by atoms with Gasteiger partial charge in [0.25, 0.3) is 5.91 Å². The van der Waals surface area contributed by atoms with Crippen LogP contribution in [0.15, 0.2) is 30.3 Å². The third-order valence-electron chi connectivity index (χ3n) is 5.32. The Balaban J connectivity index is 1.44. The van der Waals surface area contributed by atoms with Crippen molar-refractivity contribution in [3.05, 3.63) is 51.9 Å². The molecule has 4 rings (SSSR count). The van der Waals surface area contributed by atoms with E-state index in [9.17, 15) is 14.7 Å². The highest BCUT2D eigenvalue weighted by Crippen LogP contribution is 2.37. The molecule has 1 saturated heterocycles. The predicted molar refractivity (Wildman–Crippen MR) is 112 cm³/mol. The van der Waals surface area contributed by atoms with Crippen LogP contribution in [-0.2, 0) is 17.7 Å². The number of ether oxygens (including phenoxy) is 1. The van der Waals surface area contributed by atoms with Crippen molar-refractivity contribution in [3.8, 4) is 0 Å². The number of fused-ring (bicyclic) bond motifs is 1. The van der Waals surface area contributed by atoms with Crippen molar-refractivity contribution < 1.29 is 19.4 Å². The Kier molecular flexibility index (Phi) is 6.13. The molecule has 0 saturated carbocycles. The number of thiophene rings is 1. The lowest BCUT2D eigenvalue weighted by molar-refractivity contribution is 0.0344. The molecule has 2 aliphatic rings. The lowest BCUT2D eigenvalue weighted by Gasteiger charge is -2.25. The van der Waals surface area contributed by atoms with Crippen molar-refractivity contribution in [3.63, 3.8) is 0 Å². The van der Waals surface area contributed by atoms with E-state index in [0.29, 0.717) is 42.2 Å². The topological polar surface area (TPSA) is 99.7 Å². The summed E-state index contributed by atoms with van der Waals surface area (Å²) in [5.74, 6) is -1.05. The van der Waals surface area contributed by atoms with Crippen LogP contribution in [0.3, 0.4) is 0 Å². The molecule has 7 nitrogen and oxygen atoms in total. The predicted octanol–water partition coefficient (Wildman–Crippen LogP) is 2.83. The average Bonchev–Trinajstić information content (AvgIpc) is 3.10. The summed E-state index contributed by atoms with van der Waals surface area (Å²) in [5, 5.41) is 20.1. The van der Waals surface area contributed by atoms with Gasteiger partial charge in [0, 0.05) is 36.2 Å². The fourth-order valence-electron chi connectivity index (χ4n) is 3.81. The maximum Gasteiger partial charge on any atom is 0.338 e. The van der Waals surface area contributed by atoms with Crippen LogP contribution in [0.1, 0.15) is 50.4 Å². The van der Waals surface area contributed by atoms with Gasteiger partial charge in [-0.25, -0.2) is 4.79 Å². The summed E-state index contributed by atoms with van der Waals surface area (Å²) in [6.07, 6.45) is 3.45. The number of hydrogen-bond donors (Lipinski definition) is 4. The molecule has 2 aliphatic heterocycles. The largest absolute Gasteiger partial charge is 0.478 e. The molecule has 1 fully saturated rings. The molecule has 0 aliphatic carbocycles. The fourth-order valence-corrected chi connectivity index (χ4v) is 5.02. The molecule has 2 aromatic rings. The van der Waals surface area contributed by atoms with E-state index < -0.39 is 5.97 Å². The first kappa shape index (κ1) is 19.9. The second-order valence-corrected chi connectivity index (χ2v) is 8.48. The van der Waals surface area contributed by atoms with Gasteiger partial charge in [0.2, 0.25) is 0 Å². The number of carbonyl (C=O) groups is 2. The highest BCUT2D eigenvalue weighted by molar-refractivity contribution is 7.16. The first-order chi connectivity index (χ1) is 14.1. The van der Waals surface area contributed by atoms with E-state index in [0.717, 1.165) is 29.7 Å². The molecule has 3 heterocycles. The highest BCUT2D eigenvalue weighted by Gasteiger charge is 2.30. The normalized spacial score (nSPS) is 21.2. The van der Waals surface area contributed by atoms with E-state index in [1.165, 1.54) is 11.3 Å². The monoisotopic (exact) mass is 415 g/mol. The molecule has 1 aromatic carbocycles. The van der Waals surface area contributed by atoms with E-state index in [1.807, 2.05) is 18.2 Å². The molecule has 0 bridgehead atoms. The Morgan fingerprint density at radius 2 is 2.07 bits per heavy atom. The fraction of sp³-hybridized carbons (Fsp3) is 0.429. The number of carbonyl (C=O) groups excluding carboxylic acids is 1. The van der Waals surface area contributed by atoms with Crippen LogP contribution in [-0.4, -0.2) is 42.4 Å². The highest BCUT2D eigenvalue weighted by atomic mass is 32.1. The summed E-state index contributed by atoms with van der Waals surface area (Å²) in [6, 6.07) is 9.06. The second-order valence-electron chi connectivity index (χ2n) is 7.37. The standard InChI is InChI=1S/C21H25N3O4S/c25-19(13-6-2-1-3-7-13)23-11-14-10-15-16(12-22-14)29-20(18(15)21(26)27)24-17-8-4-5-9-28-17/h1-3,6-7,14,17,22,24H,4-5,8-12H2,(H,23,25)(H,26,27). The van der Waals surface area contributed by atoms with Gasteiger partial charge in [-0.2, -0.15) is 0 Å². The number of hydrogen-bond acceptors (Lipinski definition) is 6. The number of benzene rings is 1. The van der Waals surface area contributed by atoms with Gasteiger partial charge in [0.15, 0.2) is 0 Å². The van der Waals surface area contributed by atoms with E-state index in [4.69, 9.17) is 4.74 Å². The first-order valence-corrected chi connectivity index (χ1v) is 10.8. The summed E-state index contributed by atoms with van der Waals surface area (Å²) in [7, 11) is 0. The molecule has 2 atom stereocenters. The molecule has 154 valence electrons. The summed E-state index contributed by atoms with van der Waals surface area (Å²) in [6.45, 7) is 1.74. The van der Waals surface area contributed by atoms with Gasteiger partial charge >= 0.3 is 5.97 Å². The number of amides is 1. The Morgan fingerprint density at radius 3 is 2.79 bits per heavy atom. The van der Waals surface area contributed by atoms with Crippen molar-refractivity contribution in [2.24, 2.45) is 0 Å². The number of aromatic carboxylic acids is 1. The van der Waals surface area contributed by atoms with Crippen LogP contribution in [0.25, 0.3) is 0 Å². The first-order valence-electron chi connectivity index (χ1n) is 9.94. The number of anilines is 1. The number of carboxylic acids is 1. The van der Waals surface area contributed by atoms with E-state index in [2.05, 4.69) is 16.0 Å².